The van der Waals surface area contributed by atoms with E-state index in [-0.39, 0.29) is 0 Å². The van der Waals surface area contributed by atoms with Gasteiger partial charge < -0.3 is 5.32 Å². The molecule has 0 aromatic carbocycles. The molecule has 1 unspecified atom stereocenters. The van der Waals surface area contributed by atoms with Crippen LogP contribution in [-0.2, 0) is 0 Å². The largest absolute Gasteiger partial charge is 0.314 e. The van der Waals surface area contributed by atoms with E-state index in [4.69, 9.17) is 0 Å². The molecule has 0 saturated heterocycles. The van der Waals surface area contributed by atoms with Crippen LogP contribution in [0, 0.1) is 0 Å². The van der Waals surface area contributed by atoms with Gasteiger partial charge in [0, 0.05) is 6.04 Å². The first-order valence-electron chi connectivity index (χ1n) is 8.08. The zero-order chi connectivity index (χ0) is 12.8. The van der Waals surface area contributed by atoms with Crippen molar-refractivity contribution in [3.63, 3.8) is 0 Å². The molecule has 104 valence electrons. The topological polar surface area (TPSA) is 12.0 Å². The standard InChI is InChI=1S/C16H35N/c1-4-7-9-10-11-12-15-17-16(13-6-3)14-8-5-2/h16-17H,4-15H2,1-3H3. The van der Waals surface area contributed by atoms with Crippen LogP contribution < -0.4 is 5.32 Å². The van der Waals surface area contributed by atoms with Gasteiger partial charge in [-0.05, 0) is 25.8 Å². The normalized spacial score (nSPS) is 12.9. The van der Waals surface area contributed by atoms with Crippen molar-refractivity contribution in [3.8, 4) is 0 Å². The van der Waals surface area contributed by atoms with E-state index in [1.165, 1.54) is 77.2 Å². The zero-order valence-corrected chi connectivity index (χ0v) is 12.6. The summed E-state index contributed by atoms with van der Waals surface area (Å²) in [5.74, 6) is 0. The van der Waals surface area contributed by atoms with Crippen molar-refractivity contribution in [2.75, 3.05) is 6.54 Å². The molecule has 0 amide bonds. The Morgan fingerprint density at radius 2 is 1.29 bits per heavy atom. The number of unbranched alkanes of at least 4 members (excludes halogenated alkanes) is 6. The quantitative estimate of drug-likeness (QED) is 0.432. The SMILES string of the molecule is CCCCCCCCNC(CCC)CCCC. The van der Waals surface area contributed by atoms with Gasteiger partial charge in [0.05, 0.1) is 0 Å². The molecule has 17 heavy (non-hydrogen) atoms. The summed E-state index contributed by atoms with van der Waals surface area (Å²) in [4.78, 5) is 0. The molecule has 0 spiro atoms. The Bertz CT molecular complexity index is 133. The highest BCUT2D eigenvalue weighted by Gasteiger charge is 2.05. The highest BCUT2D eigenvalue weighted by atomic mass is 14.9. The first-order valence-corrected chi connectivity index (χ1v) is 8.08. The van der Waals surface area contributed by atoms with Crippen LogP contribution in [0.15, 0.2) is 0 Å². The third-order valence-corrected chi connectivity index (χ3v) is 3.51. The predicted molar refractivity (Wildman–Crippen MR) is 79.6 cm³/mol. The monoisotopic (exact) mass is 241 g/mol. The summed E-state index contributed by atoms with van der Waals surface area (Å²) in [6.07, 6.45) is 15.2. The number of rotatable bonds is 13. The van der Waals surface area contributed by atoms with Gasteiger partial charge in [-0.15, -0.1) is 0 Å². The van der Waals surface area contributed by atoms with Crippen molar-refractivity contribution in [3.05, 3.63) is 0 Å². The lowest BCUT2D eigenvalue weighted by atomic mass is 10.0. The van der Waals surface area contributed by atoms with Crippen LogP contribution in [-0.4, -0.2) is 12.6 Å². The lowest BCUT2D eigenvalue weighted by Crippen LogP contribution is -2.29. The number of hydrogen-bond donors (Lipinski definition) is 1. The maximum absolute atomic E-state index is 3.75. The molecule has 0 radical (unpaired) electrons. The zero-order valence-electron chi connectivity index (χ0n) is 12.6. The molecule has 0 aliphatic heterocycles. The minimum atomic E-state index is 0.788. The Balaban J connectivity index is 3.34. The van der Waals surface area contributed by atoms with E-state index in [1.807, 2.05) is 0 Å². The Morgan fingerprint density at radius 3 is 1.94 bits per heavy atom. The second-order valence-electron chi connectivity index (χ2n) is 5.35. The fraction of sp³-hybridized carbons (Fsp3) is 1.00. The van der Waals surface area contributed by atoms with Gasteiger partial charge in [-0.3, -0.25) is 0 Å². The molecule has 1 heteroatoms. The van der Waals surface area contributed by atoms with E-state index < -0.39 is 0 Å². The molecule has 0 aliphatic carbocycles. The van der Waals surface area contributed by atoms with Gasteiger partial charge >= 0.3 is 0 Å². The fourth-order valence-corrected chi connectivity index (χ4v) is 2.36. The maximum atomic E-state index is 3.75. The minimum absolute atomic E-state index is 0.788. The molecule has 0 fully saturated rings. The van der Waals surface area contributed by atoms with Crippen LogP contribution in [0.4, 0.5) is 0 Å². The predicted octanol–water partition coefficient (Wildman–Crippen LogP) is 5.30. The smallest absolute Gasteiger partial charge is 0.00669 e. The van der Waals surface area contributed by atoms with Crippen LogP contribution in [0.2, 0.25) is 0 Å². The van der Waals surface area contributed by atoms with Crippen LogP contribution in [0.25, 0.3) is 0 Å². The lowest BCUT2D eigenvalue weighted by Gasteiger charge is -2.17. The first-order chi connectivity index (χ1) is 8.35. The van der Waals surface area contributed by atoms with Gasteiger partial charge in [-0.1, -0.05) is 72.1 Å². The van der Waals surface area contributed by atoms with Crippen molar-refractivity contribution >= 4 is 0 Å². The molecule has 0 rings (SSSR count). The molecule has 1 nitrogen and oxygen atoms in total. The van der Waals surface area contributed by atoms with Crippen molar-refractivity contribution in [2.45, 2.75) is 97.4 Å². The summed E-state index contributed by atoms with van der Waals surface area (Å²) in [5.41, 5.74) is 0. The molecular weight excluding hydrogens is 206 g/mol. The maximum Gasteiger partial charge on any atom is 0.00669 e. The Kier molecular flexibility index (Phi) is 14.0. The molecule has 0 bridgehead atoms. The average Bonchev–Trinajstić information content (AvgIpc) is 2.34. The summed E-state index contributed by atoms with van der Waals surface area (Å²) < 4.78 is 0. The van der Waals surface area contributed by atoms with E-state index in [0.717, 1.165) is 6.04 Å². The van der Waals surface area contributed by atoms with Gasteiger partial charge in [-0.25, -0.2) is 0 Å². The fourth-order valence-electron chi connectivity index (χ4n) is 2.36. The van der Waals surface area contributed by atoms with Gasteiger partial charge in [0.15, 0.2) is 0 Å². The van der Waals surface area contributed by atoms with Crippen LogP contribution in [0.3, 0.4) is 0 Å². The highest BCUT2D eigenvalue weighted by molar-refractivity contribution is 4.66. The average molecular weight is 241 g/mol. The van der Waals surface area contributed by atoms with E-state index in [0.29, 0.717) is 0 Å². The Hall–Kier alpha value is -0.0400. The van der Waals surface area contributed by atoms with E-state index >= 15 is 0 Å². The molecule has 0 aromatic heterocycles. The minimum Gasteiger partial charge on any atom is -0.314 e. The van der Waals surface area contributed by atoms with Crippen LogP contribution in [0.5, 0.6) is 0 Å². The molecule has 1 atom stereocenters. The summed E-state index contributed by atoms with van der Waals surface area (Å²) in [7, 11) is 0. The van der Waals surface area contributed by atoms with Gasteiger partial charge in [0.1, 0.15) is 0 Å². The van der Waals surface area contributed by atoms with Crippen molar-refractivity contribution in [2.24, 2.45) is 0 Å². The summed E-state index contributed by atoms with van der Waals surface area (Å²) in [6, 6.07) is 0.788. The summed E-state index contributed by atoms with van der Waals surface area (Å²) in [6.45, 7) is 8.10. The molecule has 0 aromatic rings. The Morgan fingerprint density at radius 1 is 0.647 bits per heavy atom. The molecule has 1 N–H and O–H groups in total. The van der Waals surface area contributed by atoms with Crippen molar-refractivity contribution in [1.82, 2.24) is 5.32 Å². The molecule has 0 saturated carbocycles. The molecular formula is C16H35N. The van der Waals surface area contributed by atoms with Crippen molar-refractivity contribution in [1.29, 1.82) is 0 Å². The summed E-state index contributed by atoms with van der Waals surface area (Å²) >= 11 is 0. The lowest BCUT2D eigenvalue weighted by molar-refractivity contribution is 0.426. The number of nitrogens with one attached hydrogen (secondary N) is 1. The second kappa shape index (κ2) is 14.0. The van der Waals surface area contributed by atoms with E-state index in [2.05, 4.69) is 26.1 Å². The number of hydrogen-bond acceptors (Lipinski definition) is 1. The van der Waals surface area contributed by atoms with Crippen LogP contribution >= 0.6 is 0 Å². The third kappa shape index (κ3) is 12.2. The second-order valence-corrected chi connectivity index (χ2v) is 5.35. The van der Waals surface area contributed by atoms with Crippen molar-refractivity contribution < 1.29 is 0 Å². The van der Waals surface area contributed by atoms with E-state index in [9.17, 15) is 0 Å². The van der Waals surface area contributed by atoms with Gasteiger partial charge in [-0.2, -0.15) is 0 Å². The Labute approximate surface area is 110 Å². The van der Waals surface area contributed by atoms with Gasteiger partial charge in [0.2, 0.25) is 0 Å². The summed E-state index contributed by atoms with van der Waals surface area (Å²) in [5, 5.41) is 3.75. The van der Waals surface area contributed by atoms with Crippen LogP contribution in [0.1, 0.15) is 91.4 Å². The first kappa shape index (κ1) is 17.0. The van der Waals surface area contributed by atoms with E-state index in [1.54, 1.807) is 0 Å². The molecule has 0 heterocycles. The molecule has 0 aliphatic rings. The van der Waals surface area contributed by atoms with Gasteiger partial charge in [0.25, 0.3) is 0 Å². The third-order valence-electron chi connectivity index (χ3n) is 3.51. The highest BCUT2D eigenvalue weighted by Crippen LogP contribution is 2.08.